The highest BCUT2D eigenvalue weighted by Gasteiger charge is 2.29. The van der Waals surface area contributed by atoms with Crippen LogP contribution in [0.5, 0.6) is 0 Å². The SMILES string of the molecule is Nc1ccc(N2CCN(CC3CCN(c4ccc(C5CCC(=O)NC5=O)cn4)CC3)CC2)cn1. The number of piperidine rings is 2. The predicted molar refractivity (Wildman–Crippen MR) is 132 cm³/mol. The summed E-state index contributed by atoms with van der Waals surface area (Å²) in [5.74, 6) is 1.58. The molecule has 2 amide bonds. The largest absolute Gasteiger partial charge is 0.384 e. The monoisotopic (exact) mass is 463 g/mol. The lowest BCUT2D eigenvalue weighted by Crippen LogP contribution is -2.49. The second-order valence-corrected chi connectivity index (χ2v) is 9.61. The van der Waals surface area contributed by atoms with E-state index < -0.39 is 0 Å². The van der Waals surface area contributed by atoms with Gasteiger partial charge in [-0.05, 0) is 48.9 Å². The topological polar surface area (TPSA) is 108 Å². The number of carbonyl (C=O) groups excluding carboxylic acids is 2. The van der Waals surface area contributed by atoms with Crippen molar-refractivity contribution in [1.29, 1.82) is 0 Å². The van der Waals surface area contributed by atoms with Gasteiger partial charge in [0.15, 0.2) is 0 Å². The number of carbonyl (C=O) groups is 2. The van der Waals surface area contributed by atoms with Crippen molar-refractivity contribution in [2.75, 3.05) is 61.3 Å². The summed E-state index contributed by atoms with van der Waals surface area (Å²) in [7, 11) is 0. The van der Waals surface area contributed by atoms with Crippen molar-refractivity contribution in [3.8, 4) is 0 Å². The van der Waals surface area contributed by atoms with Gasteiger partial charge in [-0.2, -0.15) is 0 Å². The van der Waals surface area contributed by atoms with Gasteiger partial charge in [-0.25, -0.2) is 9.97 Å². The third kappa shape index (κ3) is 5.14. The van der Waals surface area contributed by atoms with E-state index in [0.29, 0.717) is 24.6 Å². The number of nitrogens with one attached hydrogen (secondary N) is 1. The maximum Gasteiger partial charge on any atom is 0.234 e. The van der Waals surface area contributed by atoms with E-state index in [4.69, 9.17) is 5.73 Å². The second kappa shape index (κ2) is 9.97. The fraction of sp³-hybridized carbons (Fsp3) is 0.520. The Hall–Kier alpha value is -3.20. The molecular formula is C25H33N7O2. The molecule has 0 spiro atoms. The molecule has 5 heterocycles. The highest BCUT2D eigenvalue weighted by atomic mass is 16.2. The van der Waals surface area contributed by atoms with Crippen LogP contribution in [0.3, 0.4) is 0 Å². The van der Waals surface area contributed by atoms with Crippen molar-refractivity contribution in [3.63, 3.8) is 0 Å². The number of anilines is 3. The lowest BCUT2D eigenvalue weighted by atomic mass is 9.91. The van der Waals surface area contributed by atoms with E-state index in [9.17, 15) is 9.59 Å². The Balaban J connectivity index is 1.07. The molecule has 3 aliphatic heterocycles. The van der Waals surface area contributed by atoms with Gasteiger partial charge in [0, 0.05) is 58.4 Å². The van der Waals surface area contributed by atoms with Gasteiger partial charge in [0.25, 0.3) is 0 Å². The van der Waals surface area contributed by atoms with Gasteiger partial charge in [0.05, 0.1) is 17.8 Å². The molecule has 9 heteroatoms. The summed E-state index contributed by atoms with van der Waals surface area (Å²) in [6, 6.07) is 7.93. The van der Waals surface area contributed by atoms with Crippen LogP contribution in [0.2, 0.25) is 0 Å². The van der Waals surface area contributed by atoms with Gasteiger partial charge in [-0.1, -0.05) is 6.07 Å². The first kappa shape index (κ1) is 22.6. The summed E-state index contributed by atoms with van der Waals surface area (Å²) in [5, 5.41) is 2.43. The number of hydrogen-bond donors (Lipinski definition) is 2. The van der Waals surface area contributed by atoms with Crippen LogP contribution in [0.4, 0.5) is 17.3 Å². The minimum absolute atomic E-state index is 0.185. The fourth-order valence-corrected chi connectivity index (χ4v) is 5.29. The maximum absolute atomic E-state index is 12.1. The molecule has 1 atom stereocenters. The molecule has 3 saturated heterocycles. The van der Waals surface area contributed by atoms with E-state index in [1.54, 1.807) is 6.20 Å². The fourth-order valence-electron chi connectivity index (χ4n) is 5.29. The Morgan fingerprint density at radius 3 is 2.32 bits per heavy atom. The van der Waals surface area contributed by atoms with Gasteiger partial charge in [0.2, 0.25) is 11.8 Å². The Morgan fingerprint density at radius 2 is 1.68 bits per heavy atom. The van der Waals surface area contributed by atoms with Crippen molar-refractivity contribution < 1.29 is 9.59 Å². The van der Waals surface area contributed by atoms with Crippen LogP contribution in [0.1, 0.15) is 37.2 Å². The molecule has 0 aromatic carbocycles. The molecule has 0 radical (unpaired) electrons. The van der Waals surface area contributed by atoms with Crippen LogP contribution in [0.15, 0.2) is 36.7 Å². The molecule has 180 valence electrons. The number of piperazine rings is 1. The van der Waals surface area contributed by atoms with Crippen molar-refractivity contribution in [1.82, 2.24) is 20.2 Å². The minimum Gasteiger partial charge on any atom is -0.384 e. The van der Waals surface area contributed by atoms with E-state index in [1.165, 1.54) is 12.8 Å². The normalized spacial score (nSPS) is 22.6. The van der Waals surface area contributed by atoms with Crippen LogP contribution in [0.25, 0.3) is 0 Å². The molecule has 2 aromatic rings. The van der Waals surface area contributed by atoms with Crippen molar-refractivity contribution in [2.45, 2.75) is 31.6 Å². The first-order chi connectivity index (χ1) is 16.5. The van der Waals surface area contributed by atoms with E-state index in [1.807, 2.05) is 24.4 Å². The van der Waals surface area contributed by atoms with Crippen LogP contribution >= 0.6 is 0 Å². The third-order valence-electron chi connectivity index (χ3n) is 7.38. The lowest BCUT2D eigenvalue weighted by molar-refractivity contribution is -0.134. The number of pyridine rings is 2. The van der Waals surface area contributed by atoms with Crippen molar-refractivity contribution in [3.05, 3.63) is 42.2 Å². The molecule has 2 aromatic heterocycles. The number of nitrogen functional groups attached to an aromatic ring is 1. The van der Waals surface area contributed by atoms with Crippen LogP contribution in [-0.4, -0.2) is 72.5 Å². The Morgan fingerprint density at radius 1 is 0.882 bits per heavy atom. The molecule has 34 heavy (non-hydrogen) atoms. The first-order valence-electron chi connectivity index (χ1n) is 12.3. The zero-order valence-corrected chi connectivity index (χ0v) is 19.5. The van der Waals surface area contributed by atoms with E-state index in [-0.39, 0.29) is 17.7 Å². The summed E-state index contributed by atoms with van der Waals surface area (Å²) in [6.07, 6.45) is 6.95. The Labute approximate surface area is 200 Å². The van der Waals surface area contributed by atoms with E-state index >= 15 is 0 Å². The predicted octanol–water partition coefficient (Wildman–Crippen LogP) is 1.62. The van der Waals surface area contributed by atoms with E-state index in [0.717, 1.165) is 62.9 Å². The number of aromatic nitrogens is 2. The molecule has 1 unspecified atom stereocenters. The van der Waals surface area contributed by atoms with E-state index in [2.05, 4.69) is 36.1 Å². The zero-order chi connectivity index (χ0) is 23.5. The summed E-state index contributed by atoms with van der Waals surface area (Å²) in [5.41, 5.74) is 7.74. The molecule has 0 aliphatic carbocycles. The highest BCUT2D eigenvalue weighted by Crippen LogP contribution is 2.27. The van der Waals surface area contributed by atoms with Gasteiger partial charge in [-0.15, -0.1) is 0 Å². The van der Waals surface area contributed by atoms with Gasteiger partial charge in [-0.3, -0.25) is 19.8 Å². The Bertz CT molecular complexity index is 995. The first-order valence-corrected chi connectivity index (χ1v) is 12.3. The van der Waals surface area contributed by atoms with Gasteiger partial charge in [0.1, 0.15) is 11.6 Å². The average Bonchev–Trinajstić information content (AvgIpc) is 2.86. The van der Waals surface area contributed by atoms with Gasteiger partial charge < -0.3 is 15.5 Å². The number of nitrogens with two attached hydrogens (primary N) is 1. The number of hydrogen-bond acceptors (Lipinski definition) is 8. The number of imide groups is 1. The van der Waals surface area contributed by atoms with Crippen LogP contribution in [-0.2, 0) is 9.59 Å². The molecule has 3 N–H and O–H groups in total. The summed E-state index contributed by atoms with van der Waals surface area (Å²) < 4.78 is 0. The standard InChI is InChI=1S/C25H33N7O2/c26-22-4-2-20(16-27-22)31-13-11-30(12-14-31)17-18-7-9-32(10-8-18)23-5-1-19(15-28-23)21-3-6-24(33)29-25(21)34/h1-2,4-5,15-16,18,21H,3,6-14,17H2,(H2,26,27)(H,29,33,34). The van der Waals surface area contributed by atoms with Crippen molar-refractivity contribution >= 4 is 29.1 Å². The smallest absolute Gasteiger partial charge is 0.234 e. The summed E-state index contributed by atoms with van der Waals surface area (Å²) in [4.78, 5) is 39.7. The molecule has 9 nitrogen and oxygen atoms in total. The molecule has 3 aliphatic rings. The summed E-state index contributed by atoms with van der Waals surface area (Å²) >= 11 is 0. The van der Waals surface area contributed by atoms with Gasteiger partial charge >= 0.3 is 0 Å². The quantitative estimate of drug-likeness (QED) is 0.644. The number of rotatable bonds is 5. The Kier molecular flexibility index (Phi) is 6.62. The third-order valence-corrected chi connectivity index (χ3v) is 7.38. The maximum atomic E-state index is 12.1. The minimum atomic E-state index is -0.276. The number of nitrogens with zero attached hydrogens (tertiary/aromatic N) is 5. The summed E-state index contributed by atoms with van der Waals surface area (Å²) in [6.45, 7) is 7.37. The second-order valence-electron chi connectivity index (χ2n) is 9.61. The lowest BCUT2D eigenvalue weighted by Gasteiger charge is -2.39. The molecule has 5 rings (SSSR count). The molecule has 3 fully saturated rings. The highest BCUT2D eigenvalue weighted by molar-refractivity contribution is 6.00. The van der Waals surface area contributed by atoms with Crippen LogP contribution in [0, 0.1) is 5.92 Å². The van der Waals surface area contributed by atoms with Crippen molar-refractivity contribution in [2.24, 2.45) is 5.92 Å². The average molecular weight is 464 g/mol. The molecule has 0 bridgehead atoms. The molecule has 0 saturated carbocycles. The number of amides is 2. The zero-order valence-electron chi connectivity index (χ0n) is 19.5. The van der Waals surface area contributed by atoms with Crippen LogP contribution < -0.4 is 20.9 Å². The molecular weight excluding hydrogens is 430 g/mol.